The van der Waals surface area contributed by atoms with Crippen LogP contribution >= 0.6 is 11.6 Å². The molecule has 0 spiro atoms. The third kappa shape index (κ3) is 3.14. The Morgan fingerprint density at radius 1 is 0.960 bits per heavy atom. The number of hydrogen-bond donors (Lipinski definition) is 1. The summed E-state index contributed by atoms with van der Waals surface area (Å²) in [7, 11) is 0. The van der Waals surface area contributed by atoms with Crippen molar-refractivity contribution in [2.75, 3.05) is 5.32 Å². The van der Waals surface area contributed by atoms with Crippen LogP contribution < -0.4 is 5.32 Å². The number of aromatic nitrogens is 3. The summed E-state index contributed by atoms with van der Waals surface area (Å²) in [4.78, 5) is 13.3. The molecule has 4 rings (SSSR count). The van der Waals surface area contributed by atoms with Crippen molar-refractivity contribution in [3.63, 3.8) is 0 Å². The molecule has 0 saturated heterocycles. The van der Waals surface area contributed by atoms with Gasteiger partial charge < -0.3 is 5.32 Å². The number of para-hydroxylation sites is 1. The third-order valence-corrected chi connectivity index (χ3v) is 3.99. The van der Waals surface area contributed by atoms with Crippen molar-refractivity contribution in [2.45, 2.75) is 0 Å². The Morgan fingerprint density at radius 2 is 1.84 bits per heavy atom. The number of anilines is 2. The highest BCUT2D eigenvalue weighted by Gasteiger charge is 2.10. The summed E-state index contributed by atoms with van der Waals surface area (Å²) >= 11 is 5.87. The Bertz CT molecular complexity index is 1050. The van der Waals surface area contributed by atoms with Crippen LogP contribution in [0.2, 0.25) is 5.02 Å². The van der Waals surface area contributed by atoms with E-state index in [2.05, 4.69) is 20.3 Å². The highest BCUT2D eigenvalue weighted by molar-refractivity contribution is 6.31. The molecule has 0 amide bonds. The first-order valence-electron chi connectivity index (χ1n) is 7.60. The summed E-state index contributed by atoms with van der Waals surface area (Å²) in [5.41, 5.74) is 2.26. The number of rotatable bonds is 3. The normalized spacial score (nSPS) is 10.8. The molecule has 2 heterocycles. The Morgan fingerprint density at radius 3 is 2.64 bits per heavy atom. The van der Waals surface area contributed by atoms with Gasteiger partial charge in [0.2, 0.25) is 0 Å². The van der Waals surface area contributed by atoms with Crippen molar-refractivity contribution in [2.24, 2.45) is 0 Å². The average molecular weight is 351 g/mol. The number of hydrogen-bond acceptors (Lipinski definition) is 4. The number of pyridine rings is 1. The molecular formula is C19H12ClFN4. The Hall–Kier alpha value is -3.05. The summed E-state index contributed by atoms with van der Waals surface area (Å²) in [6, 6.07) is 15.9. The molecule has 6 heteroatoms. The van der Waals surface area contributed by atoms with Gasteiger partial charge in [-0.2, -0.15) is 0 Å². The van der Waals surface area contributed by atoms with Crippen LogP contribution in [-0.2, 0) is 0 Å². The summed E-state index contributed by atoms with van der Waals surface area (Å²) < 4.78 is 13.4. The van der Waals surface area contributed by atoms with Gasteiger partial charge in [0.05, 0.1) is 10.5 Å². The molecule has 1 N–H and O–H groups in total. The molecule has 0 aliphatic carbocycles. The lowest BCUT2D eigenvalue weighted by molar-refractivity contribution is 0.628. The first kappa shape index (κ1) is 15.5. The zero-order valence-electron chi connectivity index (χ0n) is 12.9. The Balaban J connectivity index is 1.85. The van der Waals surface area contributed by atoms with Crippen molar-refractivity contribution >= 4 is 34.0 Å². The molecule has 0 atom stereocenters. The van der Waals surface area contributed by atoms with Crippen LogP contribution in [-0.4, -0.2) is 15.0 Å². The van der Waals surface area contributed by atoms with E-state index in [-0.39, 0.29) is 5.02 Å². The van der Waals surface area contributed by atoms with Crippen LogP contribution in [0.4, 0.5) is 15.9 Å². The van der Waals surface area contributed by atoms with E-state index in [9.17, 15) is 4.39 Å². The molecule has 4 nitrogen and oxygen atoms in total. The van der Waals surface area contributed by atoms with E-state index in [1.165, 1.54) is 12.1 Å². The molecule has 0 fully saturated rings. The highest BCUT2D eigenvalue weighted by Crippen LogP contribution is 2.28. The SMILES string of the molecule is Fc1ccc(Nc2nc(-c3cccnc3)nc3ccccc23)cc1Cl. The first-order valence-corrected chi connectivity index (χ1v) is 7.98. The van der Waals surface area contributed by atoms with E-state index in [0.29, 0.717) is 17.3 Å². The van der Waals surface area contributed by atoms with Gasteiger partial charge in [-0.3, -0.25) is 4.98 Å². The first-order chi connectivity index (χ1) is 12.2. The minimum absolute atomic E-state index is 0.0517. The van der Waals surface area contributed by atoms with Crippen LogP contribution in [0.1, 0.15) is 0 Å². The second kappa shape index (κ2) is 6.45. The predicted octanol–water partition coefficient (Wildman–Crippen LogP) is 5.23. The van der Waals surface area contributed by atoms with Gasteiger partial charge in [0.15, 0.2) is 5.82 Å². The molecule has 0 bridgehead atoms. The van der Waals surface area contributed by atoms with E-state index >= 15 is 0 Å². The smallest absolute Gasteiger partial charge is 0.163 e. The second-order valence-electron chi connectivity index (χ2n) is 5.41. The van der Waals surface area contributed by atoms with E-state index in [1.54, 1.807) is 18.5 Å². The fraction of sp³-hybridized carbons (Fsp3) is 0. The molecule has 0 aliphatic heterocycles. The molecule has 2 aromatic heterocycles. The van der Waals surface area contributed by atoms with Gasteiger partial charge in [0.1, 0.15) is 11.6 Å². The molecule has 0 saturated carbocycles. The zero-order valence-corrected chi connectivity index (χ0v) is 13.7. The van der Waals surface area contributed by atoms with Gasteiger partial charge in [-0.05, 0) is 42.5 Å². The molecule has 4 aromatic rings. The van der Waals surface area contributed by atoms with Crippen LogP contribution in [0.3, 0.4) is 0 Å². The summed E-state index contributed by atoms with van der Waals surface area (Å²) in [5.74, 6) is 0.713. The number of nitrogens with zero attached hydrogens (tertiary/aromatic N) is 3. The molecule has 122 valence electrons. The summed E-state index contributed by atoms with van der Waals surface area (Å²) in [6.45, 7) is 0. The Kier molecular flexibility index (Phi) is 3.99. The quantitative estimate of drug-likeness (QED) is 0.549. The van der Waals surface area contributed by atoms with Crippen molar-refractivity contribution in [3.8, 4) is 11.4 Å². The van der Waals surface area contributed by atoms with Crippen molar-refractivity contribution in [1.29, 1.82) is 0 Å². The highest BCUT2D eigenvalue weighted by atomic mass is 35.5. The van der Waals surface area contributed by atoms with Crippen molar-refractivity contribution < 1.29 is 4.39 Å². The van der Waals surface area contributed by atoms with Crippen LogP contribution in [0, 0.1) is 5.82 Å². The van der Waals surface area contributed by atoms with E-state index in [0.717, 1.165) is 16.5 Å². The summed E-state index contributed by atoms with van der Waals surface area (Å²) in [5, 5.41) is 4.11. The molecular weight excluding hydrogens is 339 g/mol. The predicted molar refractivity (Wildman–Crippen MR) is 97.5 cm³/mol. The number of fused-ring (bicyclic) bond motifs is 1. The topological polar surface area (TPSA) is 50.7 Å². The second-order valence-corrected chi connectivity index (χ2v) is 5.82. The molecule has 2 aromatic carbocycles. The maximum Gasteiger partial charge on any atom is 0.163 e. The number of nitrogens with one attached hydrogen (secondary N) is 1. The third-order valence-electron chi connectivity index (χ3n) is 3.71. The van der Waals surface area contributed by atoms with Crippen LogP contribution in [0.25, 0.3) is 22.3 Å². The largest absolute Gasteiger partial charge is 0.340 e. The maximum absolute atomic E-state index is 13.4. The fourth-order valence-electron chi connectivity index (χ4n) is 2.51. The van der Waals surface area contributed by atoms with Gasteiger partial charge in [0, 0.05) is 29.0 Å². The van der Waals surface area contributed by atoms with Crippen LogP contribution in [0.5, 0.6) is 0 Å². The van der Waals surface area contributed by atoms with Gasteiger partial charge in [-0.25, -0.2) is 14.4 Å². The zero-order chi connectivity index (χ0) is 17.2. The minimum atomic E-state index is -0.462. The molecule has 25 heavy (non-hydrogen) atoms. The fourth-order valence-corrected chi connectivity index (χ4v) is 2.69. The summed E-state index contributed by atoms with van der Waals surface area (Å²) in [6.07, 6.45) is 3.41. The van der Waals surface area contributed by atoms with E-state index in [4.69, 9.17) is 11.6 Å². The lowest BCUT2D eigenvalue weighted by Crippen LogP contribution is -1.99. The van der Waals surface area contributed by atoms with Crippen molar-refractivity contribution in [1.82, 2.24) is 15.0 Å². The lowest BCUT2D eigenvalue weighted by atomic mass is 10.2. The maximum atomic E-state index is 13.4. The van der Waals surface area contributed by atoms with Crippen molar-refractivity contribution in [3.05, 3.63) is 77.8 Å². The van der Waals surface area contributed by atoms with Gasteiger partial charge in [-0.15, -0.1) is 0 Å². The standard InChI is InChI=1S/C19H12ClFN4/c20-15-10-13(7-8-16(15)21)23-19-14-5-1-2-6-17(14)24-18(25-19)12-4-3-9-22-11-12/h1-11H,(H,23,24,25). The Labute approximate surface area is 148 Å². The minimum Gasteiger partial charge on any atom is -0.340 e. The number of halogens is 2. The van der Waals surface area contributed by atoms with Gasteiger partial charge in [-0.1, -0.05) is 23.7 Å². The molecule has 0 radical (unpaired) electrons. The van der Waals surface area contributed by atoms with Gasteiger partial charge >= 0.3 is 0 Å². The monoisotopic (exact) mass is 350 g/mol. The number of benzene rings is 2. The van der Waals surface area contributed by atoms with E-state index in [1.807, 2.05) is 36.4 Å². The lowest BCUT2D eigenvalue weighted by Gasteiger charge is -2.11. The molecule has 0 aliphatic rings. The average Bonchev–Trinajstić information content (AvgIpc) is 2.65. The van der Waals surface area contributed by atoms with Gasteiger partial charge in [0.25, 0.3) is 0 Å². The molecule has 0 unspecified atom stereocenters. The van der Waals surface area contributed by atoms with Crippen LogP contribution in [0.15, 0.2) is 67.0 Å². The van der Waals surface area contributed by atoms with E-state index < -0.39 is 5.82 Å².